The highest BCUT2D eigenvalue weighted by molar-refractivity contribution is 7.89. The third-order valence-corrected chi connectivity index (χ3v) is 3.58. The molecule has 0 aliphatic heterocycles. The smallest absolute Gasteiger partial charge is 0.246 e. The summed E-state index contributed by atoms with van der Waals surface area (Å²) in [5, 5.41) is 0. The maximum atomic E-state index is 13.2. The van der Waals surface area contributed by atoms with Crippen molar-refractivity contribution < 1.29 is 21.6 Å². The maximum Gasteiger partial charge on any atom is 0.246 e. The van der Waals surface area contributed by atoms with Crippen molar-refractivity contribution in [2.24, 2.45) is 5.73 Å². The van der Waals surface area contributed by atoms with E-state index in [-0.39, 0.29) is 19.0 Å². The quantitative estimate of drug-likeness (QED) is 0.876. The van der Waals surface area contributed by atoms with Crippen LogP contribution in [0.2, 0.25) is 0 Å². The predicted molar refractivity (Wildman–Crippen MR) is 62.4 cm³/mol. The van der Waals surface area contributed by atoms with Crippen LogP contribution < -0.4 is 10.5 Å². The molecule has 4 nitrogen and oxygen atoms in total. The van der Waals surface area contributed by atoms with E-state index in [0.717, 1.165) is 0 Å². The second-order valence-electron chi connectivity index (χ2n) is 3.46. The number of benzene rings is 1. The van der Waals surface area contributed by atoms with Crippen molar-refractivity contribution in [1.82, 2.24) is 4.72 Å². The molecule has 0 aliphatic rings. The van der Waals surface area contributed by atoms with Crippen molar-refractivity contribution >= 4 is 22.4 Å². The molecule has 0 heterocycles. The second-order valence-corrected chi connectivity index (χ2v) is 5.11. The summed E-state index contributed by atoms with van der Waals surface area (Å²) in [6.45, 7) is 1.39. The summed E-state index contributed by atoms with van der Waals surface area (Å²) in [5.41, 5.74) is 5.18. The van der Waals surface area contributed by atoms with Gasteiger partial charge in [-0.2, -0.15) is 0 Å². The Morgan fingerprint density at radius 3 is 2.11 bits per heavy atom. The molecule has 0 radical (unpaired) electrons. The van der Waals surface area contributed by atoms with Crippen LogP contribution in [0.4, 0.5) is 13.2 Å². The van der Waals surface area contributed by atoms with Crippen molar-refractivity contribution in [3.63, 3.8) is 0 Å². The van der Waals surface area contributed by atoms with Crippen LogP contribution in [0.5, 0.6) is 0 Å². The zero-order valence-corrected chi connectivity index (χ0v) is 10.9. The van der Waals surface area contributed by atoms with E-state index in [1.54, 1.807) is 0 Å². The van der Waals surface area contributed by atoms with Gasteiger partial charge in [0.05, 0.1) is 0 Å². The lowest BCUT2D eigenvalue weighted by molar-refractivity contribution is 0.490. The first-order valence-corrected chi connectivity index (χ1v) is 6.13. The molecule has 0 fully saturated rings. The van der Waals surface area contributed by atoms with Gasteiger partial charge in [0.1, 0.15) is 17.5 Å². The fourth-order valence-corrected chi connectivity index (χ4v) is 2.53. The number of halogens is 4. The Kier molecular flexibility index (Phi) is 6.08. The van der Waals surface area contributed by atoms with Gasteiger partial charge < -0.3 is 5.73 Å². The number of rotatable bonds is 4. The van der Waals surface area contributed by atoms with Crippen molar-refractivity contribution in [2.75, 3.05) is 6.54 Å². The van der Waals surface area contributed by atoms with E-state index < -0.39 is 38.4 Å². The lowest BCUT2D eigenvalue weighted by atomic mass is 10.3. The largest absolute Gasteiger partial charge is 0.329 e. The molecular formula is C9H12ClF3N2O2S. The van der Waals surface area contributed by atoms with Crippen LogP contribution in [0.1, 0.15) is 6.92 Å². The van der Waals surface area contributed by atoms with Gasteiger partial charge in [0.15, 0.2) is 4.90 Å². The molecular weight excluding hydrogens is 293 g/mol. The van der Waals surface area contributed by atoms with E-state index in [4.69, 9.17) is 5.73 Å². The van der Waals surface area contributed by atoms with Crippen LogP contribution in [0.25, 0.3) is 0 Å². The van der Waals surface area contributed by atoms with Gasteiger partial charge in [-0.05, 0) is 6.92 Å². The Morgan fingerprint density at radius 1 is 1.28 bits per heavy atom. The zero-order valence-electron chi connectivity index (χ0n) is 9.28. The van der Waals surface area contributed by atoms with Crippen molar-refractivity contribution in [2.45, 2.75) is 17.9 Å². The van der Waals surface area contributed by atoms with Gasteiger partial charge in [0.25, 0.3) is 0 Å². The molecule has 0 aromatic heterocycles. The normalized spacial score (nSPS) is 12.9. The van der Waals surface area contributed by atoms with Crippen LogP contribution in [0, 0.1) is 17.5 Å². The number of hydrogen-bond donors (Lipinski definition) is 2. The Morgan fingerprint density at radius 2 is 1.72 bits per heavy atom. The minimum atomic E-state index is -4.40. The molecule has 0 unspecified atom stereocenters. The third-order valence-electron chi connectivity index (χ3n) is 1.94. The third kappa shape index (κ3) is 3.84. The van der Waals surface area contributed by atoms with Crippen LogP contribution in [0.3, 0.4) is 0 Å². The summed E-state index contributed by atoms with van der Waals surface area (Å²) in [4.78, 5) is -1.21. The van der Waals surface area contributed by atoms with E-state index in [1.165, 1.54) is 6.92 Å². The molecule has 0 aliphatic carbocycles. The summed E-state index contributed by atoms with van der Waals surface area (Å²) < 4.78 is 64.2. The van der Waals surface area contributed by atoms with Gasteiger partial charge in [0, 0.05) is 24.7 Å². The SMILES string of the molecule is C[C@H](CN)NS(=O)(=O)c1c(F)cc(F)cc1F.Cl. The molecule has 3 N–H and O–H groups in total. The number of sulfonamides is 1. The fourth-order valence-electron chi connectivity index (χ4n) is 1.16. The Labute approximate surface area is 109 Å². The van der Waals surface area contributed by atoms with Gasteiger partial charge in [-0.3, -0.25) is 0 Å². The van der Waals surface area contributed by atoms with Gasteiger partial charge in [-0.1, -0.05) is 0 Å². The molecule has 0 saturated heterocycles. The second kappa shape index (κ2) is 6.37. The standard InChI is InChI=1S/C9H11F3N2O2S.ClH/c1-5(4-13)14-17(15,16)9-7(11)2-6(10)3-8(9)12;/h2-3,5,14H,4,13H2,1H3;1H/t5-;/m1./s1. The number of nitrogens with two attached hydrogens (primary N) is 1. The minimum absolute atomic E-state index is 0. The Balaban J connectivity index is 0.00000289. The van der Waals surface area contributed by atoms with E-state index in [2.05, 4.69) is 0 Å². The van der Waals surface area contributed by atoms with E-state index >= 15 is 0 Å². The topological polar surface area (TPSA) is 72.2 Å². The monoisotopic (exact) mass is 304 g/mol. The van der Waals surface area contributed by atoms with Crippen molar-refractivity contribution in [3.05, 3.63) is 29.6 Å². The van der Waals surface area contributed by atoms with E-state index in [0.29, 0.717) is 12.1 Å². The molecule has 104 valence electrons. The molecule has 0 bridgehead atoms. The Hall–Kier alpha value is -0.830. The lowest BCUT2D eigenvalue weighted by Crippen LogP contribution is -2.38. The Bertz CT molecular complexity index is 502. The van der Waals surface area contributed by atoms with Crippen LogP contribution in [-0.2, 0) is 10.0 Å². The lowest BCUT2D eigenvalue weighted by Gasteiger charge is -2.13. The molecule has 9 heteroatoms. The number of hydrogen-bond acceptors (Lipinski definition) is 3. The highest BCUT2D eigenvalue weighted by Crippen LogP contribution is 2.20. The molecule has 1 aromatic rings. The summed E-state index contributed by atoms with van der Waals surface area (Å²) >= 11 is 0. The number of nitrogens with one attached hydrogen (secondary N) is 1. The first-order valence-electron chi connectivity index (χ1n) is 4.65. The minimum Gasteiger partial charge on any atom is -0.329 e. The van der Waals surface area contributed by atoms with E-state index in [9.17, 15) is 21.6 Å². The van der Waals surface area contributed by atoms with Gasteiger partial charge in [-0.25, -0.2) is 26.3 Å². The van der Waals surface area contributed by atoms with Crippen molar-refractivity contribution in [3.8, 4) is 0 Å². The van der Waals surface area contributed by atoms with E-state index in [1.807, 2.05) is 4.72 Å². The predicted octanol–water partition coefficient (Wildman–Crippen LogP) is 1.15. The van der Waals surface area contributed by atoms with Gasteiger partial charge in [-0.15, -0.1) is 12.4 Å². The summed E-state index contributed by atoms with van der Waals surface area (Å²) in [7, 11) is -4.40. The highest BCUT2D eigenvalue weighted by atomic mass is 35.5. The summed E-state index contributed by atoms with van der Waals surface area (Å²) in [6.07, 6.45) is 0. The fraction of sp³-hybridized carbons (Fsp3) is 0.333. The average Bonchev–Trinajstić information content (AvgIpc) is 2.14. The highest BCUT2D eigenvalue weighted by Gasteiger charge is 2.26. The first kappa shape index (κ1) is 17.2. The molecule has 0 spiro atoms. The molecule has 0 amide bonds. The first-order chi connectivity index (χ1) is 7.77. The van der Waals surface area contributed by atoms with Crippen LogP contribution in [0.15, 0.2) is 17.0 Å². The average molecular weight is 305 g/mol. The van der Waals surface area contributed by atoms with Crippen LogP contribution in [-0.4, -0.2) is 21.0 Å². The molecule has 18 heavy (non-hydrogen) atoms. The molecule has 1 aromatic carbocycles. The molecule has 0 saturated carbocycles. The van der Waals surface area contributed by atoms with Gasteiger partial charge >= 0.3 is 0 Å². The zero-order chi connectivity index (χ0) is 13.2. The summed E-state index contributed by atoms with van der Waals surface area (Å²) in [6, 6.07) is -0.0981. The summed E-state index contributed by atoms with van der Waals surface area (Å²) in [5.74, 6) is -4.16. The van der Waals surface area contributed by atoms with Crippen LogP contribution >= 0.6 is 12.4 Å². The molecule has 1 atom stereocenters. The maximum absolute atomic E-state index is 13.2. The van der Waals surface area contributed by atoms with Gasteiger partial charge in [0.2, 0.25) is 10.0 Å². The molecule has 1 rings (SSSR count). The van der Waals surface area contributed by atoms with Crippen molar-refractivity contribution in [1.29, 1.82) is 0 Å².